The molecule has 0 amide bonds. The van der Waals surface area contributed by atoms with Crippen LogP contribution in [-0.4, -0.2) is 15.8 Å². The van der Waals surface area contributed by atoms with Gasteiger partial charge in [-0.25, -0.2) is 0 Å². The number of hydrogen-bond donors (Lipinski definition) is 2. The van der Waals surface area contributed by atoms with Crippen LogP contribution in [0.15, 0.2) is 6.07 Å². The Labute approximate surface area is 124 Å². The van der Waals surface area contributed by atoms with E-state index in [0.717, 1.165) is 25.1 Å². The largest absolute Gasteiger partial charge is 0.271 e. The number of aromatic nitrogens is 2. The highest BCUT2D eigenvalue weighted by Crippen LogP contribution is 2.27. The molecule has 2 atom stereocenters. The van der Waals surface area contributed by atoms with E-state index in [2.05, 4.69) is 55.9 Å². The Kier molecular flexibility index (Phi) is 6.21. The van der Waals surface area contributed by atoms with Gasteiger partial charge in [-0.3, -0.25) is 16.0 Å². The van der Waals surface area contributed by atoms with E-state index in [1.807, 2.05) is 6.92 Å². The van der Waals surface area contributed by atoms with Crippen molar-refractivity contribution in [2.24, 2.45) is 17.2 Å². The van der Waals surface area contributed by atoms with Crippen LogP contribution in [0.25, 0.3) is 0 Å². The fourth-order valence-electron chi connectivity index (χ4n) is 3.11. The first-order valence-electron chi connectivity index (χ1n) is 7.74. The zero-order valence-corrected chi connectivity index (χ0v) is 14.0. The summed E-state index contributed by atoms with van der Waals surface area (Å²) in [4.78, 5) is 0. The molecular weight excluding hydrogens is 248 g/mol. The Morgan fingerprint density at radius 1 is 1.40 bits per heavy atom. The maximum absolute atomic E-state index is 5.75. The standard InChI is InChI=1S/C16H32N4/c1-7-20-15(9-13(3)19-20)10-14(18-17)8-12(2)11-16(4,5)6/h9,12,14,18H,7-8,10-11,17H2,1-6H3. The van der Waals surface area contributed by atoms with Crippen molar-refractivity contribution >= 4 is 0 Å². The Balaban J connectivity index is 2.62. The molecule has 1 aromatic rings. The Bertz CT molecular complexity index is 403. The van der Waals surface area contributed by atoms with E-state index in [1.165, 1.54) is 12.1 Å². The van der Waals surface area contributed by atoms with Gasteiger partial charge in [-0.1, -0.05) is 27.7 Å². The molecule has 2 unspecified atom stereocenters. The van der Waals surface area contributed by atoms with Gasteiger partial charge in [-0.05, 0) is 44.1 Å². The number of nitrogens with one attached hydrogen (secondary N) is 1. The Morgan fingerprint density at radius 3 is 2.55 bits per heavy atom. The van der Waals surface area contributed by atoms with Crippen molar-refractivity contribution in [3.8, 4) is 0 Å². The maximum atomic E-state index is 5.75. The van der Waals surface area contributed by atoms with Crippen molar-refractivity contribution in [3.05, 3.63) is 17.5 Å². The molecule has 0 fully saturated rings. The fraction of sp³-hybridized carbons (Fsp3) is 0.812. The second-order valence-electron chi connectivity index (χ2n) is 7.27. The molecule has 0 radical (unpaired) electrons. The summed E-state index contributed by atoms with van der Waals surface area (Å²) >= 11 is 0. The molecule has 0 saturated carbocycles. The average molecular weight is 280 g/mol. The lowest BCUT2D eigenvalue weighted by Crippen LogP contribution is -2.38. The minimum absolute atomic E-state index is 0.314. The molecule has 4 nitrogen and oxygen atoms in total. The topological polar surface area (TPSA) is 55.9 Å². The summed E-state index contributed by atoms with van der Waals surface area (Å²) in [5.41, 5.74) is 5.72. The third-order valence-corrected chi connectivity index (χ3v) is 3.62. The minimum Gasteiger partial charge on any atom is -0.271 e. The zero-order valence-electron chi connectivity index (χ0n) is 14.0. The molecule has 0 aliphatic heterocycles. The number of nitrogens with zero attached hydrogens (tertiary/aromatic N) is 2. The molecule has 0 bridgehead atoms. The molecule has 0 aromatic carbocycles. The lowest BCUT2D eigenvalue weighted by Gasteiger charge is -2.26. The summed E-state index contributed by atoms with van der Waals surface area (Å²) in [6.45, 7) is 14.3. The van der Waals surface area contributed by atoms with Crippen molar-refractivity contribution < 1.29 is 0 Å². The van der Waals surface area contributed by atoms with Crippen LogP contribution in [0.1, 0.15) is 58.8 Å². The average Bonchev–Trinajstić information content (AvgIpc) is 2.66. The smallest absolute Gasteiger partial charge is 0.0596 e. The first kappa shape index (κ1) is 17.2. The summed E-state index contributed by atoms with van der Waals surface area (Å²) in [5.74, 6) is 6.41. The van der Waals surface area contributed by atoms with Crippen LogP contribution in [0.3, 0.4) is 0 Å². The third kappa shape index (κ3) is 5.63. The van der Waals surface area contributed by atoms with Gasteiger partial charge in [0.25, 0.3) is 0 Å². The van der Waals surface area contributed by atoms with E-state index < -0.39 is 0 Å². The zero-order chi connectivity index (χ0) is 15.3. The number of rotatable bonds is 7. The first-order chi connectivity index (χ1) is 9.25. The number of aryl methyl sites for hydroxylation is 2. The van der Waals surface area contributed by atoms with Crippen LogP contribution in [-0.2, 0) is 13.0 Å². The number of hydrazine groups is 1. The van der Waals surface area contributed by atoms with E-state index >= 15 is 0 Å². The molecule has 1 rings (SSSR count). The molecule has 20 heavy (non-hydrogen) atoms. The van der Waals surface area contributed by atoms with Crippen LogP contribution >= 0.6 is 0 Å². The van der Waals surface area contributed by atoms with Gasteiger partial charge >= 0.3 is 0 Å². The molecule has 1 aromatic heterocycles. The monoisotopic (exact) mass is 280 g/mol. The Morgan fingerprint density at radius 2 is 2.05 bits per heavy atom. The van der Waals surface area contributed by atoms with Gasteiger partial charge in [0.1, 0.15) is 0 Å². The molecule has 3 N–H and O–H groups in total. The summed E-state index contributed by atoms with van der Waals surface area (Å²) in [6, 6.07) is 2.48. The predicted octanol–water partition coefficient (Wildman–Crippen LogP) is 3.05. The molecule has 1 heterocycles. The molecule has 0 aliphatic carbocycles. The molecule has 116 valence electrons. The van der Waals surface area contributed by atoms with E-state index in [1.54, 1.807) is 0 Å². The van der Waals surface area contributed by atoms with Crippen LogP contribution in [0, 0.1) is 18.3 Å². The predicted molar refractivity (Wildman–Crippen MR) is 85.3 cm³/mol. The lowest BCUT2D eigenvalue weighted by atomic mass is 9.82. The van der Waals surface area contributed by atoms with Crippen molar-refractivity contribution in [1.29, 1.82) is 0 Å². The highest BCUT2D eigenvalue weighted by molar-refractivity contribution is 5.10. The first-order valence-corrected chi connectivity index (χ1v) is 7.74. The number of hydrogen-bond acceptors (Lipinski definition) is 3. The van der Waals surface area contributed by atoms with Crippen molar-refractivity contribution in [3.63, 3.8) is 0 Å². The highest BCUT2D eigenvalue weighted by atomic mass is 15.3. The van der Waals surface area contributed by atoms with Crippen molar-refractivity contribution in [2.45, 2.75) is 73.4 Å². The van der Waals surface area contributed by atoms with Crippen LogP contribution in [0.2, 0.25) is 0 Å². The van der Waals surface area contributed by atoms with Gasteiger partial charge < -0.3 is 0 Å². The van der Waals surface area contributed by atoms with Gasteiger partial charge in [-0.15, -0.1) is 0 Å². The van der Waals surface area contributed by atoms with Gasteiger partial charge in [0.15, 0.2) is 0 Å². The lowest BCUT2D eigenvalue weighted by molar-refractivity contribution is 0.273. The third-order valence-electron chi connectivity index (χ3n) is 3.62. The van der Waals surface area contributed by atoms with Gasteiger partial charge in [0.05, 0.1) is 5.69 Å². The minimum atomic E-state index is 0.314. The Hall–Kier alpha value is -0.870. The van der Waals surface area contributed by atoms with Crippen LogP contribution in [0.5, 0.6) is 0 Å². The van der Waals surface area contributed by atoms with E-state index in [0.29, 0.717) is 17.4 Å². The summed E-state index contributed by atoms with van der Waals surface area (Å²) in [7, 11) is 0. The normalized spacial score (nSPS) is 15.3. The van der Waals surface area contributed by atoms with E-state index in [-0.39, 0.29) is 0 Å². The maximum Gasteiger partial charge on any atom is 0.0596 e. The molecule has 0 saturated heterocycles. The number of nitrogens with two attached hydrogens (primary N) is 1. The van der Waals surface area contributed by atoms with Gasteiger partial charge in [0, 0.05) is 24.7 Å². The fourth-order valence-corrected chi connectivity index (χ4v) is 3.11. The van der Waals surface area contributed by atoms with Crippen LogP contribution in [0.4, 0.5) is 0 Å². The van der Waals surface area contributed by atoms with Gasteiger partial charge in [0.2, 0.25) is 0 Å². The molecule has 0 spiro atoms. The SMILES string of the molecule is CCn1nc(C)cc1CC(CC(C)CC(C)(C)C)NN. The van der Waals surface area contributed by atoms with Gasteiger partial charge in [-0.2, -0.15) is 5.10 Å². The van der Waals surface area contributed by atoms with E-state index in [4.69, 9.17) is 5.84 Å². The van der Waals surface area contributed by atoms with Crippen molar-refractivity contribution in [2.75, 3.05) is 0 Å². The summed E-state index contributed by atoms with van der Waals surface area (Å²) in [5, 5.41) is 4.50. The van der Waals surface area contributed by atoms with E-state index in [9.17, 15) is 0 Å². The molecular formula is C16H32N4. The molecule has 0 aliphatic rings. The summed E-state index contributed by atoms with van der Waals surface area (Å²) < 4.78 is 2.08. The van der Waals surface area contributed by atoms with Crippen LogP contribution < -0.4 is 11.3 Å². The molecule has 4 heteroatoms. The van der Waals surface area contributed by atoms with Crippen molar-refractivity contribution in [1.82, 2.24) is 15.2 Å². The second-order valence-corrected chi connectivity index (χ2v) is 7.27. The second kappa shape index (κ2) is 7.23. The summed E-state index contributed by atoms with van der Waals surface area (Å²) in [6.07, 6.45) is 3.26. The quantitative estimate of drug-likeness (QED) is 0.596. The highest BCUT2D eigenvalue weighted by Gasteiger charge is 2.20.